The second-order valence-electron chi connectivity index (χ2n) is 24.5. The van der Waals surface area contributed by atoms with Gasteiger partial charge in [-0.25, -0.2) is 4.57 Å². The molecule has 2 atom stereocenters. The third kappa shape index (κ3) is 66.6. The number of hydrogen-bond donors (Lipinski definition) is 1. The van der Waals surface area contributed by atoms with Crippen LogP contribution in [0.2, 0.25) is 0 Å². The fraction of sp³-hybridized carbons (Fsp3) is 0.806. The Hall–Kier alpha value is -2.55. The molecule has 0 aliphatic carbocycles. The molecule has 0 aliphatic rings. The van der Waals surface area contributed by atoms with Crippen LogP contribution in [0, 0.1) is 0 Å². The number of carbonyl (C=O) groups is 2. The summed E-state index contributed by atoms with van der Waals surface area (Å²) >= 11 is 0. The van der Waals surface area contributed by atoms with Gasteiger partial charge in [0.25, 0.3) is 0 Å². The first-order valence-electron chi connectivity index (χ1n) is 34.7. The minimum Gasteiger partial charge on any atom is -0.462 e. The molecule has 82 heavy (non-hydrogen) atoms. The summed E-state index contributed by atoms with van der Waals surface area (Å²) in [5.74, 6) is -0.817. The lowest BCUT2D eigenvalue weighted by Crippen LogP contribution is -2.37. The van der Waals surface area contributed by atoms with Crippen LogP contribution in [0.5, 0.6) is 0 Å². The lowest BCUT2D eigenvalue weighted by Gasteiger charge is -2.24. The molecule has 0 aromatic heterocycles. The first-order chi connectivity index (χ1) is 40.0. The van der Waals surface area contributed by atoms with Crippen molar-refractivity contribution in [2.75, 3.05) is 47.5 Å². The molecular weight excluding hydrogens is 1040 g/mol. The number of likely N-dealkylation sites (N-methyl/N-ethyl adjacent to an activating group) is 1. The predicted octanol–water partition coefficient (Wildman–Crippen LogP) is 22.4. The molecule has 0 aromatic carbocycles. The molecule has 0 radical (unpaired) electrons. The largest absolute Gasteiger partial charge is 0.472 e. The van der Waals surface area contributed by atoms with Gasteiger partial charge in [0.15, 0.2) is 6.10 Å². The summed E-state index contributed by atoms with van der Waals surface area (Å²) in [6.07, 6.45) is 84.5. The molecule has 0 saturated carbocycles. The minimum absolute atomic E-state index is 0.0244. The van der Waals surface area contributed by atoms with Gasteiger partial charge in [0.1, 0.15) is 19.8 Å². The van der Waals surface area contributed by atoms with Crippen molar-refractivity contribution in [3.63, 3.8) is 0 Å². The van der Waals surface area contributed by atoms with Gasteiger partial charge in [-0.05, 0) is 64.2 Å². The molecule has 0 aliphatic heterocycles. The molecule has 0 fully saturated rings. The number of carbonyl (C=O) groups excluding carboxylic acids is 2. The number of allylic oxidation sites excluding steroid dienone is 12. The molecule has 9 nitrogen and oxygen atoms in total. The van der Waals surface area contributed by atoms with E-state index in [1.54, 1.807) is 0 Å². The summed E-state index contributed by atoms with van der Waals surface area (Å²) in [7, 11) is 1.46. The van der Waals surface area contributed by atoms with E-state index in [1.807, 2.05) is 21.1 Å². The Kier molecular flexibility index (Phi) is 61.0. The lowest BCUT2D eigenvalue weighted by molar-refractivity contribution is -0.870. The van der Waals surface area contributed by atoms with Crippen molar-refractivity contribution < 1.29 is 42.1 Å². The van der Waals surface area contributed by atoms with Crippen molar-refractivity contribution in [1.29, 1.82) is 0 Å². The third-order valence-electron chi connectivity index (χ3n) is 15.3. The van der Waals surface area contributed by atoms with Gasteiger partial charge in [-0.15, -0.1) is 0 Å². The monoisotopic (exact) mass is 1170 g/mol. The number of unbranched alkanes of at least 4 members (excludes halogenated alkanes) is 38. The van der Waals surface area contributed by atoms with Gasteiger partial charge in [-0.3, -0.25) is 18.6 Å². The molecule has 10 heteroatoms. The average Bonchev–Trinajstić information content (AvgIpc) is 3.46. The molecular formula is C72H133NO8P+. The van der Waals surface area contributed by atoms with Gasteiger partial charge >= 0.3 is 19.8 Å². The quantitative estimate of drug-likeness (QED) is 0.0211. The Morgan fingerprint density at radius 1 is 0.390 bits per heavy atom. The molecule has 1 N–H and O–H groups in total. The van der Waals surface area contributed by atoms with Crippen molar-refractivity contribution >= 4 is 19.8 Å². The number of nitrogens with zero attached hydrogens (tertiary/aromatic N) is 1. The van der Waals surface area contributed by atoms with Gasteiger partial charge in [-0.2, -0.15) is 0 Å². The highest BCUT2D eigenvalue weighted by atomic mass is 31.2. The Bertz CT molecular complexity index is 1610. The second kappa shape index (κ2) is 63.0. The van der Waals surface area contributed by atoms with E-state index in [2.05, 4.69) is 86.8 Å². The van der Waals surface area contributed by atoms with Crippen molar-refractivity contribution in [3.05, 3.63) is 72.9 Å². The molecule has 0 saturated heterocycles. The maximum Gasteiger partial charge on any atom is 0.472 e. The van der Waals surface area contributed by atoms with E-state index in [0.29, 0.717) is 17.4 Å². The van der Waals surface area contributed by atoms with Crippen LogP contribution < -0.4 is 0 Å². The Labute approximate surface area is 508 Å². The number of ether oxygens (including phenoxy) is 2. The summed E-state index contributed by atoms with van der Waals surface area (Å²) in [5, 5.41) is 0. The highest BCUT2D eigenvalue weighted by molar-refractivity contribution is 7.47. The van der Waals surface area contributed by atoms with E-state index in [0.717, 1.165) is 83.5 Å². The van der Waals surface area contributed by atoms with Crippen molar-refractivity contribution in [2.45, 2.75) is 328 Å². The zero-order valence-corrected chi connectivity index (χ0v) is 55.4. The van der Waals surface area contributed by atoms with Crippen LogP contribution in [-0.4, -0.2) is 74.9 Å². The molecule has 0 spiro atoms. The van der Waals surface area contributed by atoms with E-state index in [4.69, 9.17) is 18.5 Å². The van der Waals surface area contributed by atoms with Gasteiger partial charge in [-0.1, -0.05) is 318 Å². The Morgan fingerprint density at radius 3 is 1.04 bits per heavy atom. The van der Waals surface area contributed by atoms with E-state index in [9.17, 15) is 19.0 Å². The topological polar surface area (TPSA) is 108 Å². The van der Waals surface area contributed by atoms with E-state index < -0.39 is 26.5 Å². The maximum absolute atomic E-state index is 12.8. The standard InChI is InChI=1S/C72H132NO8P/c1-6-8-10-12-14-16-18-20-22-24-26-28-30-31-32-33-34-35-36-37-38-39-40-41-43-44-46-48-50-52-54-56-58-60-62-64-71(74)78-68-70(69-80-82(76,77)79-67-66-73(3,4)5)81-72(75)65-63-61-59-57-55-53-51-49-47-45-42-29-27-25-23-21-19-17-15-13-11-9-7-2/h9,11,15,17,21,23,27,29,45,47,51,53,70H,6-8,10,12-14,16,18-20,22,24-26,28,30-44,46,48-50,52,54-69H2,1-5H3/p+1/b11-9-,17-15-,23-21-,29-27-,47-45-,53-51-. The first-order valence-corrected chi connectivity index (χ1v) is 36.2. The number of rotatable bonds is 64. The molecule has 0 amide bonds. The van der Waals surface area contributed by atoms with Crippen LogP contribution in [0.15, 0.2) is 72.9 Å². The van der Waals surface area contributed by atoms with Gasteiger partial charge in [0.2, 0.25) is 0 Å². The number of hydrogen-bond acceptors (Lipinski definition) is 7. The SMILES string of the molecule is CC/C=C\C/C=C\C/C=C\C/C=C\C/C=C\C/C=C\CCCCCCC(=O)OC(COC(=O)CCCCCCCCCCCCCCCCCCCCCCCCCCCCCCCCCCCCC)COP(=O)(O)OCC[N+](C)(C)C. The molecule has 2 unspecified atom stereocenters. The number of phosphoric ester groups is 1. The van der Waals surface area contributed by atoms with Crippen molar-refractivity contribution in [3.8, 4) is 0 Å². The smallest absolute Gasteiger partial charge is 0.462 e. The van der Waals surface area contributed by atoms with Crippen LogP contribution in [0.4, 0.5) is 0 Å². The summed E-state index contributed by atoms with van der Waals surface area (Å²) in [4.78, 5) is 35.8. The van der Waals surface area contributed by atoms with Crippen molar-refractivity contribution in [2.24, 2.45) is 0 Å². The van der Waals surface area contributed by atoms with Gasteiger partial charge in [0.05, 0.1) is 27.7 Å². The Morgan fingerprint density at radius 2 is 0.695 bits per heavy atom. The fourth-order valence-corrected chi connectivity index (χ4v) is 10.7. The van der Waals surface area contributed by atoms with E-state index in [1.165, 1.54) is 205 Å². The van der Waals surface area contributed by atoms with Crippen LogP contribution in [0.25, 0.3) is 0 Å². The zero-order valence-electron chi connectivity index (χ0n) is 54.5. The average molecular weight is 1170 g/mol. The van der Waals surface area contributed by atoms with Crippen LogP contribution in [0.1, 0.15) is 322 Å². The minimum atomic E-state index is -4.40. The van der Waals surface area contributed by atoms with Crippen LogP contribution in [0.3, 0.4) is 0 Å². The Balaban J connectivity index is 4.01. The molecule has 0 bridgehead atoms. The highest BCUT2D eigenvalue weighted by Gasteiger charge is 2.27. The number of phosphoric acid groups is 1. The van der Waals surface area contributed by atoms with Crippen LogP contribution >= 0.6 is 7.82 Å². The van der Waals surface area contributed by atoms with Gasteiger partial charge in [0, 0.05) is 12.8 Å². The maximum atomic E-state index is 12.8. The molecule has 478 valence electrons. The summed E-state index contributed by atoms with van der Waals surface area (Å²) in [5.41, 5.74) is 0. The fourth-order valence-electron chi connectivity index (χ4n) is 9.96. The number of quaternary nitrogens is 1. The van der Waals surface area contributed by atoms with Crippen molar-refractivity contribution in [1.82, 2.24) is 0 Å². The molecule has 0 rings (SSSR count). The van der Waals surface area contributed by atoms with E-state index in [-0.39, 0.29) is 32.0 Å². The molecule has 0 heterocycles. The second-order valence-corrected chi connectivity index (χ2v) is 26.0. The van der Waals surface area contributed by atoms with Crippen LogP contribution in [-0.2, 0) is 32.7 Å². The van der Waals surface area contributed by atoms with Gasteiger partial charge < -0.3 is 18.9 Å². The normalized spacial score (nSPS) is 13.6. The summed E-state index contributed by atoms with van der Waals surface area (Å²) in [6, 6.07) is 0. The number of esters is 2. The highest BCUT2D eigenvalue weighted by Crippen LogP contribution is 2.43. The predicted molar refractivity (Wildman–Crippen MR) is 353 cm³/mol. The van der Waals surface area contributed by atoms with E-state index >= 15 is 0 Å². The summed E-state index contributed by atoms with van der Waals surface area (Å²) in [6.45, 7) is 4.33. The molecule has 0 aromatic rings. The third-order valence-corrected chi connectivity index (χ3v) is 16.2. The lowest BCUT2D eigenvalue weighted by atomic mass is 10.0. The summed E-state index contributed by atoms with van der Waals surface area (Å²) < 4.78 is 34.7. The first kappa shape index (κ1) is 79.5. The zero-order chi connectivity index (χ0) is 59.8.